The number of carboxylic acid groups (broad SMARTS) is 1. The van der Waals surface area contributed by atoms with Crippen molar-refractivity contribution in [2.75, 3.05) is 0 Å². The summed E-state index contributed by atoms with van der Waals surface area (Å²) in [5.74, 6) is -3.55. The lowest BCUT2D eigenvalue weighted by Gasteiger charge is -2.37. The van der Waals surface area contributed by atoms with Crippen LogP contribution in [0, 0.1) is 0 Å². The van der Waals surface area contributed by atoms with Crippen LogP contribution < -0.4 is 5.76 Å². The molecule has 2 aromatic heterocycles. The Morgan fingerprint density at radius 2 is 1.86 bits per heavy atom. The molecule has 2 N–H and O–H groups in total. The van der Waals surface area contributed by atoms with Gasteiger partial charge in [-0.2, -0.15) is 13.2 Å². The number of pyridine rings is 1. The number of fused-ring (bicyclic) bond motifs is 1. The van der Waals surface area contributed by atoms with Crippen LogP contribution in [0.4, 0.5) is 13.2 Å². The first kappa shape index (κ1) is 24.5. The van der Waals surface area contributed by atoms with Crippen LogP contribution in [0.1, 0.15) is 34.5 Å². The molecule has 0 unspecified atom stereocenters. The quantitative estimate of drug-likeness (QED) is 0.390. The maximum Gasteiger partial charge on any atom is 0.422 e. The number of nitrogens with zero attached hydrogens (tertiary/aromatic N) is 2. The Hall–Kier alpha value is -3.63. The molecule has 0 aliphatic carbocycles. The number of carbonyl (C=O) groups is 1. The zero-order valence-electron chi connectivity index (χ0n) is 18.3. The molecule has 182 valence electrons. The lowest BCUT2D eigenvalue weighted by molar-refractivity contribution is -0.274. The summed E-state index contributed by atoms with van der Waals surface area (Å²) >= 11 is 6.36. The summed E-state index contributed by atoms with van der Waals surface area (Å²) in [5, 5.41) is 20.2. The Bertz CT molecular complexity index is 1510. The molecule has 0 spiro atoms. The van der Waals surface area contributed by atoms with Gasteiger partial charge in [-0.15, -0.1) is 0 Å². The van der Waals surface area contributed by atoms with E-state index >= 15 is 0 Å². The predicted molar refractivity (Wildman–Crippen MR) is 121 cm³/mol. The second-order valence-corrected chi connectivity index (χ2v) is 8.45. The number of halogens is 4. The van der Waals surface area contributed by atoms with Crippen LogP contribution in [0.3, 0.4) is 0 Å². The van der Waals surface area contributed by atoms with Crippen molar-refractivity contribution in [1.29, 1.82) is 0 Å². The van der Waals surface area contributed by atoms with Crippen LogP contribution in [0.15, 0.2) is 63.8 Å². The molecule has 4 rings (SSSR count). The molecule has 0 aliphatic rings. The van der Waals surface area contributed by atoms with Crippen molar-refractivity contribution in [2.24, 2.45) is 7.05 Å². The summed E-state index contributed by atoms with van der Waals surface area (Å²) in [7, 11) is 1.34. The second kappa shape index (κ2) is 8.54. The number of aromatic carboxylic acids is 1. The van der Waals surface area contributed by atoms with Gasteiger partial charge in [0, 0.05) is 23.6 Å². The van der Waals surface area contributed by atoms with Crippen molar-refractivity contribution in [1.82, 2.24) is 9.55 Å². The number of rotatable bonds is 5. The van der Waals surface area contributed by atoms with E-state index in [9.17, 15) is 27.9 Å². The summed E-state index contributed by atoms with van der Waals surface area (Å²) in [4.78, 5) is 27.0. The number of aromatic nitrogens is 2. The molecule has 0 radical (unpaired) electrons. The summed E-state index contributed by atoms with van der Waals surface area (Å²) in [5.41, 5.74) is -3.22. The average Bonchev–Trinajstić information content (AvgIpc) is 3.10. The number of carboxylic acids is 1. The number of aryl methyl sites for hydroxylation is 1. The average molecular weight is 507 g/mol. The first-order chi connectivity index (χ1) is 16.3. The minimum atomic E-state index is -5.11. The molecular weight excluding hydrogens is 489 g/mol. The Labute approximate surface area is 201 Å². The van der Waals surface area contributed by atoms with Crippen LogP contribution in [0.5, 0.6) is 0 Å². The van der Waals surface area contributed by atoms with Gasteiger partial charge < -0.3 is 14.6 Å². The Balaban J connectivity index is 1.81. The third kappa shape index (κ3) is 4.08. The standard InChI is InChI=1S/C24H18ClF3N2O5/c1-12(15-8-6-13(10-16(15)25)17-4-3-5-18(29-17)21(31)32)23(34,24(26,27)28)14-7-9-20-19(11-14)30(2)22(33)35-20/h3-12,34H,1-2H3,(H,31,32)/t12-,23-/m1/s1. The smallest absolute Gasteiger partial charge is 0.422 e. The maximum absolute atomic E-state index is 14.4. The van der Waals surface area contributed by atoms with Crippen molar-refractivity contribution in [2.45, 2.75) is 24.6 Å². The number of hydrogen-bond donors (Lipinski definition) is 2. The fourth-order valence-electron chi connectivity index (χ4n) is 4.00. The topological polar surface area (TPSA) is 106 Å². The van der Waals surface area contributed by atoms with E-state index in [0.29, 0.717) is 5.56 Å². The Morgan fingerprint density at radius 1 is 1.14 bits per heavy atom. The maximum atomic E-state index is 14.4. The molecule has 4 aromatic rings. The number of oxazole rings is 1. The van der Waals surface area contributed by atoms with Gasteiger partial charge in [-0.05, 0) is 41.5 Å². The zero-order valence-corrected chi connectivity index (χ0v) is 19.1. The molecule has 35 heavy (non-hydrogen) atoms. The van der Waals surface area contributed by atoms with Crippen molar-refractivity contribution in [3.63, 3.8) is 0 Å². The van der Waals surface area contributed by atoms with Crippen molar-refractivity contribution in [3.8, 4) is 11.3 Å². The van der Waals surface area contributed by atoms with E-state index < -0.39 is 35.0 Å². The van der Waals surface area contributed by atoms with E-state index in [-0.39, 0.29) is 33.1 Å². The first-order valence-electron chi connectivity index (χ1n) is 10.2. The molecule has 0 bridgehead atoms. The van der Waals surface area contributed by atoms with Gasteiger partial charge in [0.15, 0.2) is 11.2 Å². The molecular formula is C24H18ClF3N2O5. The highest BCUT2D eigenvalue weighted by molar-refractivity contribution is 6.31. The highest BCUT2D eigenvalue weighted by Crippen LogP contribution is 2.50. The normalized spacial score (nSPS) is 14.6. The van der Waals surface area contributed by atoms with E-state index in [0.717, 1.165) is 16.7 Å². The number of hydrogen-bond acceptors (Lipinski definition) is 5. The summed E-state index contributed by atoms with van der Waals surface area (Å²) in [6.07, 6.45) is -5.11. The van der Waals surface area contributed by atoms with Crippen molar-refractivity contribution < 1.29 is 32.6 Å². The van der Waals surface area contributed by atoms with E-state index in [4.69, 9.17) is 21.1 Å². The van der Waals surface area contributed by atoms with Crippen LogP contribution in [-0.4, -0.2) is 31.9 Å². The van der Waals surface area contributed by atoms with Gasteiger partial charge in [-0.1, -0.05) is 42.8 Å². The second-order valence-electron chi connectivity index (χ2n) is 8.04. The van der Waals surface area contributed by atoms with E-state index in [1.54, 1.807) is 0 Å². The van der Waals surface area contributed by atoms with Gasteiger partial charge in [0.2, 0.25) is 0 Å². The highest BCUT2D eigenvalue weighted by atomic mass is 35.5. The molecule has 0 amide bonds. The van der Waals surface area contributed by atoms with E-state index in [1.807, 2.05) is 0 Å². The molecule has 0 aliphatic heterocycles. The minimum Gasteiger partial charge on any atom is -0.477 e. The van der Waals surface area contributed by atoms with Gasteiger partial charge in [0.05, 0.1) is 11.2 Å². The summed E-state index contributed by atoms with van der Waals surface area (Å²) in [6.45, 7) is 1.19. The van der Waals surface area contributed by atoms with Gasteiger partial charge in [0.1, 0.15) is 5.69 Å². The van der Waals surface area contributed by atoms with Crippen LogP contribution in [0.25, 0.3) is 22.4 Å². The lowest BCUT2D eigenvalue weighted by Crippen LogP contribution is -2.46. The number of alkyl halides is 3. The predicted octanol–water partition coefficient (Wildman–Crippen LogP) is 5.10. The van der Waals surface area contributed by atoms with E-state index in [1.165, 1.54) is 56.4 Å². The highest BCUT2D eigenvalue weighted by Gasteiger charge is 2.59. The van der Waals surface area contributed by atoms with Crippen molar-refractivity contribution >= 4 is 28.7 Å². The van der Waals surface area contributed by atoms with E-state index in [2.05, 4.69) is 4.98 Å². The third-order valence-electron chi connectivity index (χ3n) is 6.02. The zero-order chi connectivity index (χ0) is 25.7. The molecule has 2 aromatic carbocycles. The van der Waals surface area contributed by atoms with Gasteiger partial charge in [-0.3, -0.25) is 4.57 Å². The fourth-order valence-corrected chi connectivity index (χ4v) is 4.34. The first-order valence-corrected chi connectivity index (χ1v) is 10.6. The molecule has 0 fully saturated rings. The molecule has 2 atom stereocenters. The lowest BCUT2D eigenvalue weighted by atomic mass is 9.77. The Morgan fingerprint density at radius 3 is 2.49 bits per heavy atom. The summed E-state index contributed by atoms with van der Waals surface area (Å²) in [6, 6.07) is 11.8. The molecule has 0 saturated carbocycles. The van der Waals surface area contributed by atoms with Crippen LogP contribution in [0.2, 0.25) is 5.02 Å². The summed E-state index contributed by atoms with van der Waals surface area (Å²) < 4.78 is 49.1. The minimum absolute atomic E-state index is 0.00538. The SMILES string of the molecule is C[C@H](c1ccc(-c2cccc(C(=O)O)n2)cc1Cl)[C@@](O)(c1ccc2oc(=O)n(C)c2c1)C(F)(F)F. The molecule has 7 nitrogen and oxygen atoms in total. The third-order valence-corrected chi connectivity index (χ3v) is 6.35. The Kier molecular flexibility index (Phi) is 5.98. The van der Waals surface area contributed by atoms with Crippen LogP contribution >= 0.6 is 11.6 Å². The van der Waals surface area contributed by atoms with Gasteiger partial charge in [-0.25, -0.2) is 14.6 Å². The fraction of sp³-hybridized carbons (Fsp3) is 0.208. The number of aliphatic hydroxyl groups is 1. The van der Waals surface area contributed by atoms with Crippen molar-refractivity contribution in [3.05, 3.63) is 87.0 Å². The van der Waals surface area contributed by atoms with Gasteiger partial charge >= 0.3 is 17.9 Å². The number of benzene rings is 2. The molecule has 11 heteroatoms. The molecule has 0 saturated heterocycles. The van der Waals surface area contributed by atoms with Gasteiger partial charge in [0.25, 0.3) is 0 Å². The molecule has 2 heterocycles. The van der Waals surface area contributed by atoms with Crippen LogP contribution in [-0.2, 0) is 12.6 Å². The monoisotopic (exact) mass is 506 g/mol. The largest absolute Gasteiger partial charge is 0.477 e.